The molecule has 0 N–H and O–H groups in total. The summed E-state index contributed by atoms with van der Waals surface area (Å²) in [5.41, 5.74) is 1.44. The molecule has 0 saturated carbocycles. The average Bonchev–Trinajstić information content (AvgIpc) is 3.00. The van der Waals surface area contributed by atoms with E-state index < -0.39 is 0 Å². The van der Waals surface area contributed by atoms with Gasteiger partial charge in [0.15, 0.2) is 0 Å². The molecular formula is C39H73BrO. The molecule has 1 nitrogen and oxygen atoms in total. The van der Waals surface area contributed by atoms with Crippen LogP contribution in [0.3, 0.4) is 0 Å². The Morgan fingerprint density at radius 1 is 0.415 bits per heavy atom. The third kappa shape index (κ3) is 32.3. The molecule has 0 spiro atoms. The van der Waals surface area contributed by atoms with Crippen molar-refractivity contribution >= 4 is 15.9 Å². The predicted octanol–water partition coefficient (Wildman–Crippen LogP) is 14.6. The molecule has 0 aliphatic carbocycles. The standard InChI is InChI=1S/C23H40O.C16H33Br/c1-3-4-5-6-7-8-9-10-11-12-13-14-15-16-17-22-18-20-23(24-2)21-19-22;1-2-3-4-5-6-7-8-9-10-11-12-13-14-15-16-17/h18-21H,3-17H2,1-2H3;2-16H2,1H3. The van der Waals surface area contributed by atoms with E-state index in [1.165, 1.54) is 197 Å². The summed E-state index contributed by atoms with van der Waals surface area (Å²) < 4.78 is 5.20. The van der Waals surface area contributed by atoms with Gasteiger partial charge in [0.1, 0.15) is 5.75 Å². The van der Waals surface area contributed by atoms with Crippen LogP contribution in [0.2, 0.25) is 0 Å². The van der Waals surface area contributed by atoms with Gasteiger partial charge in [-0.1, -0.05) is 209 Å². The maximum absolute atomic E-state index is 5.20. The van der Waals surface area contributed by atoms with Crippen LogP contribution in [0.15, 0.2) is 24.3 Å². The van der Waals surface area contributed by atoms with E-state index in [0.717, 1.165) is 5.75 Å². The van der Waals surface area contributed by atoms with Gasteiger partial charge in [0, 0.05) is 5.33 Å². The smallest absolute Gasteiger partial charge is 0.118 e. The molecule has 0 radical (unpaired) electrons. The number of aryl methyl sites for hydroxylation is 1. The molecule has 0 aliphatic rings. The fourth-order valence-electron chi connectivity index (χ4n) is 5.60. The quantitative estimate of drug-likeness (QED) is 0.0602. The Hall–Kier alpha value is -0.500. The van der Waals surface area contributed by atoms with Crippen molar-refractivity contribution in [1.82, 2.24) is 0 Å². The number of rotatable bonds is 30. The molecule has 242 valence electrons. The Bertz CT molecular complexity index is 570. The highest BCUT2D eigenvalue weighted by Crippen LogP contribution is 2.16. The van der Waals surface area contributed by atoms with Crippen molar-refractivity contribution in [2.45, 2.75) is 200 Å². The maximum atomic E-state index is 5.20. The molecule has 0 atom stereocenters. The van der Waals surface area contributed by atoms with E-state index in [2.05, 4.69) is 54.0 Å². The van der Waals surface area contributed by atoms with Gasteiger partial charge in [-0.05, 0) is 37.0 Å². The van der Waals surface area contributed by atoms with Crippen molar-refractivity contribution in [1.29, 1.82) is 0 Å². The van der Waals surface area contributed by atoms with Crippen molar-refractivity contribution in [2.75, 3.05) is 12.4 Å². The molecule has 0 aliphatic heterocycles. The van der Waals surface area contributed by atoms with Gasteiger partial charge in [-0.25, -0.2) is 0 Å². The molecule has 0 saturated heterocycles. The first kappa shape index (κ1) is 40.5. The van der Waals surface area contributed by atoms with E-state index in [9.17, 15) is 0 Å². The normalized spacial score (nSPS) is 10.9. The predicted molar refractivity (Wildman–Crippen MR) is 191 cm³/mol. The lowest BCUT2D eigenvalue weighted by molar-refractivity contribution is 0.414. The Labute approximate surface area is 267 Å². The summed E-state index contributed by atoms with van der Waals surface area (Å²) >= 11 is 3.48. The topological polar surface area (TPSA) is 9.23 Å². The summed E-state index contributed by atoms with van der Waals surface area (Å²) in [5.74, 6) is 0.958. The Kier molecular flexibility index (Phi) is 35.3. The van der Waals surface area contributed by atoms with Gasteiger partial charge < -0.3 is 4.74 Å². The van der Waals surface area contributed by atoms with E-state index in [1.54, 1.807) is 7.11 Å². The number of hydrogen-bond acceptors (Lipinski definition) is 1. The first-order valence-electron chi connectivity index (χ1n) is 18.5. The summed E-state index contributed by atoms with van der Waals surface area (Å²) in [5, 5.41) is 1.19. The lowest BCUT2D eigenvalue weighted by Gasteiger charge is -2.04. The Balaban J connectivity index is 0.000000831. The van der Waals surface area contributed by atoms with Gasteiger partial charge >= 0.3 is 0 Å². The number of hydrogen-bond donors (Lipinski definition) is 0. The van der Waals surface area contributed by atoms with Gasteiger partial charge in [-0.3, -0.25) is 0 Å². The highest BCUT2D eigenvalue weighted by Gasteiger charge is 1.97. The van der Waals surface area contributed by atoms with Crippen LogP contribution in [0.5, 0.6) is 5.75 Å². The summed E-state index contributed by atoms with van der Waals surface area (Å²) in [6.45, 7) is 4.58. The first-order chi connectivity index (χ1) is 20.3. The molecule has 0 aromatic heterocycles. The van der Waals surface area contributed by atoms with Gasteiger partial charge in [0.2, 0.25) is 0 Å². The lowest BCUT2D eigenvalue weighted by Crippen LogP contribution is -1.88. The minimum Gasteiger partial charge on any atom is -0.497 e. The van der Waals surface area contributed by atoms with E-state index in [0.29, 0.717) is 0 Å². The third-order valence-corrected chi connectivity index (χ3v) is 9.03. The summed E-state index contributed by atoms with van der Waals surface area (Å²) in [6.07, 6.45) is 41.5. The monoisotopic (exact) mass is 636 g/mol. The van der Waals surface area contributed by atoms with Crippen LogP contribution < -0.4 is 4.74 Å². The molecule has 0 heterocycles. The fourth-order valence-corrected chi connectivity index (χ4v) is 6.00. The zero-order chi connectivity index (χ0) is 29.9. The SMILES string of the molecule is CCCCCCCCCCCCCCCCBr.CCCCCCCCCCCCCCCCc1ccc(OC)cc1. The van der Waals surface area contributed by atoms with Crippen LogP contribution >= 0.6 is 15.9 Å². The highest BCUT2D eigenvalue weighted by molar-refractivity contribution is 9.09. The molecular weight excluding hydrogens is 564 g/mol. The fraction of sp³-hybridized carbons (Fsp3) is 0.846. The largest absolute Gasteiger partial charge is 0.497 e. The summed E-state index contributed by atoms with van der Waals surface area (Å²) in [6, 6.07) is 8.53. The van der Waals surface area contributed by atoms with Crippen molar-refractivity contribution in [3.63, 3.8) is 0 Å². The Morgan fingerprint density at radius 2 is 0.707 bits per heavy atom. The van der Waals surface area contributed by atoms with Gasteiger partial charge in [0.05, 0.1) is 7.11 Å². The van der Waals surface area contributed by atoms with E-state index in [-0.39, 0.29) is 0 Å². The van der Waals surface area contributed by atoms with Crippen molar-refractivity contribution < 1.29 is 4.74 Å². The molecule has 0 fully saturated rings. The molecule has 2 heteroatoms. The molecule has 0 amide bonds. The highest BCUT2D eigenvalue weighted by atomic mass is 79.9. The van der Waals surface area contributed by atoms with Crippen LogP contribution in [-0.2, 0) is 6.42 Å². The molecule has 0 unspecified atom stereocenters. The van der Waals surface area contributed by atoms with Crippen molar-refractivity contribution in [3.8, 4) is 5.75 Å². The maximum Gasteiger partial charge on any atom is 0.118 e. The second-order valence-corrected chi connectivity index (χ2v) is 13.3. The number of halogens is 1. The van der Waals surface area contributed by atoms with Crippen LogP contribution in [0, 0.1) is 0 Å². The minimum atomic E-state index is 0.958. The van der Waals surface area contributed by atoms with Crippen molar-refractivity contribution in [2.24, 2.45) is 0 Å². The first-order valence-corrected chi connectivity index (χ1v) is 19.6. The minimum absolute atomic E-state index is 0.958. The van der Waals surface area contributed by atoms with Gasteiger partial charge in [-0.15, -0.1) is 0 Å². The number of alkyl halides is 1. The molecule has 41 heavy (non-hydrogen) atoms. The second kappa shape index (κ2) is 35.7. The average molecular weight is 638 g/mol. The number of methoxy groups -OCH3 is 1. The Morgan fingerprint density at radius 3 is 1.00 bits per heavy atom. The van der Waals surface area contributed by atoms with Crippen LogP contribution in [0.4, 0.5) is 0 Å². The van der Waals surface area contributed by atoms with E-state index in [4.69, 9.17) is 4.74 Å². The van der Waals surface area contributed by atoms with Gasteiger partial charge in [0.25, 0.3) is 0 Å². The van der Waals surface area contributed by atoms with Crippen molar-refractivity contribution in [3.05, 3.63) is 29.8 Å². The zero-order valence-electron chi connectivity index (χ0n) is 28.3. The molecule has 1 aromatic carbocycles. The molecule has 0 bridgehead atoms. The summed E-state index contributed by atoms with van der Waals surface area (Å²) in [7, 11) is 1.72. The second-order valence-electron chi connectivity index (χ2n) is 12.5. The van der Waals surface area contributed by atoms with Crippen LogP contribution in [0.25, 0.3) is 0 Å². The molecule has 1 rings (SSSR count). The number of unbranched alkanes of at least 4 members (excludes halogenated alkanes) is 26. The summed E-state index contributed by atoms with van der Waals surface area (Å²) in [4.78, 5) is 0. The van der Waals surface area contributed by atoms with Crippen LogP contribution in [-0.4, -0.2) is 12.4 Å². The van der Waals surface area contributed by atoms with Crippen LogP contribution in [0.1, 0.15) is 199 Å². The number of ether oxygens (including phenoxy) is 1. The zero-order valence-corrected chi connectivity index (χ0v) is 29.9. The van der Waals surface area contributed by atoms with E-state index >= 15 is 0 Å². The van der Waals surface area contributed by atoms with E-state index in [1.807, 2.05) is 0 Å². The third-order valence-electron chi connectivity index (χ3n) is 8.47. The molecule has 1 aromatic rings. The van der Waals surface area contributed by atoms with Gasteiger partial charge in [-0.2, -0.15) is 0 Å². The lowest BCUT2D eigenvalue weighted by atomic mass is 10.0. The number of benzene rings is 1.